The zero-order valence-electron chi connectivity index (χ0n) is 13.9. The topological polar surface area (TPSA) is 75.6 Å². The van der Waals surface area contributed by atoms with Crippen LogP contribution >= 0.6 is 0 Å². The van der Waals surface area contributed by atoms with Crippen molar-refractivity contribution in [1.29, 1.82) is 0 Å². The predicted octanol–water partition coefficient (Wildman–Crippen LogP) is 3.35. The summed E-state index contributed by atoms with van der Waals surface area (Å²) in [6, 6.07) is 0. The maximum atomic E-state index is 12.2. The Hall–Kier alpha value is -1.52. The highest BCUT2D eigenvalue weighted by molar-refractivity contribution is 6.00. The third kappa shape index (κ3) is 4.76. The van der Waals surface area contributed by atoms with Crippen molar-refractivity contribution in [2.24, 2.45) is 10.8 Å². The zero-order chi connectivity index (χ0) is 16.5. The number of ketones is 1. The van der Waals surface area contributed by atoms with Gasteiger partial charge in [-0.3, -0.25) is 4.79 Å². The number of ether oxygens (including phenoxy) is 1. The van der Waals surface area contributed by atoms with Crippen LogP contribution in [0.15, 0.2) is 11.8 Å². The van der Waals surface area contributed by atoms with Gasteiger partial charge in [-0.25, -0.2) is 4.79 Å². The van der Waals surface area contributed by atoms with Gasteiger partial charge in [0.2, 0.25) is 0 Å². The Morgan fingerprint density at radius 3 is 2.43 bits per heavy atom. The molecule has 1 saturated carbocycles. The van der Waals surface area contributed by atoms with Crippen molar-refractivity contribution in [3.63, 3.8) is 0 Å². The van der Waals surface area contributed by atoms with Gasteiger partial charge in [0, 0.05) is 17.5 Å². The van der Waals surface area contributed by atoms with Gasteiger partial charge < -0.3 is 15.2 Å². The summed E-state index contributed by atoms with van der Waals surface area (Å²) in [5.41, 5.74) is -0.956. The van der Waals surface area contributed by atoms with E-state index < -0.39 is 17.1 Å². The van der Waals surface area contributed by atoms with Crippen LogP contribution in [0.1, 0.15) is 54.4 Å². The Kier molecular flexibility index (Phi) is 4.76. The van der Waals surface area contributed by atoms with Gasteiger partial charge in [0.1, 0.15) is 5.60 Å². The van der Waals surface area contributed by atoms with Crippen LogP contribution in [0.25, 0.3) is 0 Å². The van der Waals surface area contributed by atoms with Crippen LogP contribution in [0.5, 0.6) is 0 Å². The van der Waals surface area contributed by atoms with Crippen LogP contribution in [0.4, 0.5) is 4.79 Å². The molecule has 0 aromatic rings. The summed E-state index contributed by atoms with van der Waals surface area (Å²) in [6.07, 6.45) is 1.52. The molecule has 21 heavy (non-hydrogen) atoms. The fourth-order valence-corrected chi connectivity index (χ4v) is 3.01. The summed E-state index contributed by atoms with van der Waals surface area (Å²) in [5.74, 6) is -0.0280. The van der Waals surface area contributed by atoms with Gasteiger partial charge >= 0.3 is 6.09 Å². The molecule has 0 aromatic heterocycles. The number of aliphatic hydroxyl groups is 1. The lowest BCUT2D eigenvalue weighted by Gasteiger charge is -2.42. The molecule has 1 unspecified atom stereocenters. The standard InChI is InChI=1S/C16H27NO4/c1-14(2,3)21-13(20)17-10-16(6)7-11(8-18)12(19)15(4,5)9-16/h8,18H,7,9-10H2,1-6H3,(H,17,20). The van der Waals surface area contributed by atoms with Crippen LogP contribution in [0.2, 0.25) is 0 Å². The molecular formula is C16H27NO4. The summed E-state index contributed by atoms with van der Waals surface area (Å²) >= 11 is 0. The number of nitrogens with one attached hydrogen (secondary N) is 1. The van der Waals surface area contributed by atoms with Crippen molar-refractivity contribution in [2.45, 2.75) is 60.0 Å². The minimum absolute atomic E-state index is 0.0280. The second kappa shape index (κ2) is 5.70. The summed E-state index contributed by atoms with van der Waals surface area (Å²) in [7, 11) is 0. The Bertz CT molecular complexity index is 459. The predicted molar refractivity (Wildman–Crippen MR) is 81.1 cm³/mol. The van der Waals surface area contributed by atoms with Crippen LogP contribution in [0, 0.1) is 10.8 Å². The summed E-state index contributed by atoms with van der Waals surface area (Å²) in [6.45, 7) is 11.6. The molecule has 0 saturated heterocycles. The quantitative estimate of drug-likeness (QED) is 0.605. The maximum absolute atomic E-state index is 12.2. The highest BCUT2D eigenvalue weighted by Gasteiger charge is 2.45. The van der Waals surface area contributed by atoms with Gasteiger partial charge in [-0.2, -0.15) is 0 Å². The molecule has 120 valence electrons. The molecule has 1 atom stereocenters. The van der Waals surface area contributed by atoms with Crippen LogP contribution in [0.3, 0.4) is 0 Å². The largest absolute Gasteiger partial charge is 0.515 e. The summed E-state index contributed by atoms with van der Waals surface area (Å²) in [4.78, 5) is 23.9. The van der Waals surface area contributed by atoms with Gasteiger partial charge in [-0.15, -0.1) is 0 Å². The first-order valence-electron chi connectivity index (χ1n) is 7.23. The number of hydrogen-bond acceptors (Lipinski definition) is 4. The third-order valence-electron chi connectivity index (χ3n) is 3.61. The monoisotopic (exact) mass is 297 g/mol. The van der Waals surface area contributed by atoms with E-state index >= 15 is 0 Å². The van der Waals surface area contributed by atoms with Crippen molar-refractivity contribution in [3.05, 3.63) is 11.8 Å². The van der Waals surface area contributed by atoms with E-state index in [2.05, 4.69) is 5.32 Å². The molecule has 0 heterocycles. The number of carbonyl (C=O) groups excluding carboxylic acids is 2. The third-order valence-corrected chi connectivity index (χ3v) is 3.61. The van der Waals surface area contributed by atoms with E-state index in [1.165, 1.54) is 0 Å². The second-order valence-corrected chi connectivity index (χ2v) is 7.89. The molecule has 5 nitrogen and oxygen atoms in total. The fraction of sp³-hybridized carbons (Fsp3) is 0.750. The molecule has 1 amide bonds. The zero-order valence-corrected chi connectivity index (χ0v) is 13.9. The lowest BCUT2D eigenvalue weighted by atomic mass is 9.62. The first-order chi connectivity index (χ1) is 9.38. The average Bonchev–Trinajstić information content (AvgIpc) is 2.29. The van der Waals surface area contributed by atoms with E-state index in [0.29, 0.717) is 25.0 Å². The Labute approximate surface area is 126 Å². The van der Waals surface area contributed by atoms with Gasteiger partial charge in [0.05, 0.1) is 6.26 Å². The molecule has 1 rings (SSSR count). The van der Waals surface area contributed by atoms with Crippen LogP contribution < -0.4 is 5.32 Å². The van der Waals surface area contributed by atoms with Gasteiger partial charge in [0.25, 0.3) is 0 Å². The van der Waals surface area contributed by atoms with E-state index in [1.54, 1.807) is 0 Å². The molecule has 0 radical (unpaired) electrons. The summed E-state index contributed by atoms with van der Waals surface area (Å²) < 4.78 is 5.22. The maximum Gasteiger partial charge on any atom is 0.407 e. The molecule has 2 N–H and O–H groups in total. The van der Waals surface area contributed by atoms with Crippen LogP contribution in [-0.2, 0) is 9.53 Å². The van der Waals surface area contributed by atoms with Gasteiger partial charge in [-0.05, 0) is 39.0 Å². The summed E-state index contributed by atoms with van der Waals surface area (Å²) in [5, 5.41) is 12.0. The highest BCUT2D eigenvalue weighted by Crippen LogP contribution is 2.45. The van der Waals surface area contributed by atoms with E-state index in [-0.39, 0.29) is 11.2 Å². The fourth-order valence-electron chi connectivity index (χ4n) is 3.01. The van der Waals surface area contributed by atoms with Gasteiger partial charge in [0.15, 0.2) is 5.78 Å². The lowest BCUT2D eigenvalue weighted by Crippen LogP contribution is -2.46. The van der Waals surface area contributed by atoms with Crippen molar-refractivity contribution < 1.29 is 19.4 Å². The molecule has 1 aliphatic rings. The number of aliphatic hydroxyl groups excluding tert-OH is 1. The molecule has 0 bridgehead atoms. The number of Topliss-reactive ketones (excluding diaryl/α,β-unsaturated/α-hetero) is 1. The Morgan fingerprint density at radius 1 is 1.38 bits per heavy atom. The van der Waals surface area contributed by atoms with E-state index in [9.17, 15) is 14.7 Å². The lowest BCUT2D eigenvalue weighted by molar-refractivity contribution is -0.127. The first kappa shape index (κ1) is 17.5. The van der Waals surface area contributed by atoms with Crippen molar-refractivity contribution in [2.75, 3.05) is 6.54 Å². The average molecular weight is 297 g/mol. The molecule has 0 aliphatic heterocycles. The normalized spacial score (nSPS) is 27.5. The number of carbonyl (C=O) groups is 2. The molecule has 1 fully saturated rings. The van der Waals surface area contributed by atoms with Crippen molar-refractivity contribution in [3.8, 4) is 0 Å². The molecular weight excluding hydrogens is 270 g/mol. The molecule has 0 spiro atoms. The highest BCUT2D eigenvalue weighted by atomic mass is 16.6. The number of amides is 1. The van der Waals surface area contributed by atoms with Crippen LogP contribution in [-0.4, -0.2) is 29.1 Å². The number of hydrogen-bond donors (Lipinski definition) is 2. The second-order valence-electron chi connectivity index (χ2n) is 7.89. The number of allylic oxidation sites excluding steroid dienone is 1. The van der Waals surface area contributed by atoms with E-state index in [1.807, 2.05) is 41.5 Å². The van der Waals surface area contributed by atoms with E-state index in [0.717, 1.165) is 6.26 Å². The Morgan fingerprint density at radius 2 is 1.95 bits per heavy atom. The smallest absolute Gasteiger partial charge is 0.407 e. The Balaban J connectivity index is 2.74. The van der Waals surface area contributed by atoms with Crippen molar-refractivity contribution in [1.82, 2.24) is 5.32 Å². The molecule has 1 aliphatic carbocycles. The minimum atomic E-state index is -0.544. The molecule has 0 aromatic carbocycles. The minimum Gasteiger partial charge on any atom is -0.515 e. The number of alkyl carbamates (subject to hydrolysis) is 1. The van der Waals surface area contributed by atoms with Crippen molar-refractivity contribution >= 4 is 11.9 Å². The first-order valence-corrected chi connectivity index (χ1v) is 7.23. The number of rotatable bonds is 2. The molecule has 5 heteroatoms. The SMILES string of the molecule is CC1(CNC(=O)OC(C)(C)C)CC(=CO)C(=O)C(C)(C)C1. The van der Waals surface area contributed by atoms with Gasteiger partial charge in [-0.1, -0.05) is 20.8 Å². The van der Waals surface area contributed by atoms with E-state index in [4.69, 9.17) is 4.74 Å².